The Morgan fingerprint density at radius 1 is 1.30 bits per heavy atom. The first-order chi connectivity index (χ1) is 9.27. The molecule has 1 aliphatic rings. The number of nitrogens with two attached hydrogens (primary N) is 1. The highest BCUT2D eigenvalue weighted by molar-refractivity contribution is 7.89. The molecule has 1 aliphatic heterocycles. The van der Waals surface area contributed by atoms with E-state index in [0.717, 1.165) is 5.56 Å². The number of nitrogens with zero attached hydrogens (tertiary/aromatic N) is 1. The number of hydrogen-bond acceptors (Lipinski definition) is 3. The van der Waals surface area contributed by atoms with Gasteiger partial charge in [-0.05, 0) is 31.4 Å². The molecule has 0 atom stereocenters. The molecule has 1 saturated heterocycles. The van der Waals surface area contributed by atoms with E-state index >= 15 is 0 Å². The molecule has 0 amide bonds. The van der Waals surface area contributed by atoms with Gasteiger partial charge in [-0.25, -0.2) is 8.42 Å². The van der Waals surface area contributed by atoms with Gasteiger partial charge < -0.3 is 5.73 Å². The van der Waals surface area contributed by atoms with Gasteiger partial charge in [-0.1, -0.05) is 25.1 Å². The maximum atomic E-state index is 12.6. The van der Waals surface area contributed by atoms with Crippen LogP contribution in [0.25, 0.3) is 0 Å². The molecule has 1 heterocycles. The zero-order valence-electron chi connectivity index (χ0n) is 11.9. The van der Waals surface area contributed by atoms with E-state index in [1.54, 1.807) is 25.1 Å². The van der Waals surface area contributed by atoms with Crippen molar-refractivity contribution in [2.24, 2.45) is 11.1 Å². The number of hydrogen-bond donors (Lipinski definition) is 2. The number of piperidine rings is 1. The standard InChI is InChI=1S/C14H21N3O2S/c1-11-5-3-4-6-12(11)20(18,19)17-9-7-14(2,8-10-17)13(15)16/h3-6H,7-10H2,1-2H3,(H3,15,16). The molecule has 0 spiro atoms. The van der Waals surface area contributed by atoms with Crippen LogP contribution in [0.15, 0.2) is 29.2 Å². The molecular weight excluding hydrogens is 274 g/mol. The Balaban J connectivity index is 2.22. The molecule has 6 heteroatoms. The van der Waals surface area contributed by atoms with Gasteiger partial charge in [0.25, 0.3) is 0 Å². The third kappa shape index (κ3) is 2.58. The minimum absolute atomic E-state index is 0.144. The van der Waals surface area contributed by atoms with Gasteiger partial charge in [0.1, 0.15) is 0 Å². The number of benzene rings is 1. The lowest BCUT2D eigenvalue weighted by atomic mass is 9.80. The molecule has 0 bridgehead atoms. The van der Waals surface area contributed by atoms with Crippen LogP contribution in [0, 0.1) is 17.7 Å². The van der Waals surface area contributed by atoms with Gasteiger partial charge in [-0.3, -0.25) is 5.41 Å². The molecule has 0 saturated carbocycles. The Kier molecular flexibility index (Phi) is 3.88. The first-order valence-corrected chi connectivity index (χ1v) is 8.12. The number of rotatable bonds is 3. The summed E-state index contributed by atoms with van der Waals surface area (Å²) in [6, 6.07) is 7.01. The van der Waals surface area contributed by atoms with E-state index in [1.807, 2.05) is 13.0 Å². The van der Waals surface area contributed by atoms with Crippen LogP contribution >= 0.6 is 0 Å². The minimum atomic E-state index is -3.45. The van der Waals surface area contributed by atoms with E-state index in [2.05, 4.69) is 0 Å². The van der Waals surface area contributed by atoms with E-state index in [4.69, 9.17) is 11.1 Å². The summed E-state index contributed by atoms with van der Waals surface area (Å²) >= 11 is 0. The second-order valence-corrected chi connectivity index (χ2v) is 7.55. The number of amidine groups is 1. The van der Waals surface area contributed by atoms with Crippen LogP contribution in [-0.4, -0.2) is 31.6 Å². The Morgan fingerprint density at radius 3 is 2.35 bits per heavy atom. The molecule has 3 N–H and O–H groups in total. The molecule has 110 valence electrons. The van der Waals surface area contributed by atoms with Crippen LogP contribution in [0.4, 0.5) is 0 Å². The lowest BCUT2D eigenvalue weighted by molar-refractivity contribution is 0.240. The third-order valence-corrected chi connectivity index (χ3v) is 6.25. The fourth-order valence-electron chi connectivity index (χ4n) is 2.47. The van der Waals surface area contributed by atoms with Crippen molar-refractivity contribution >= 4 is 15.9 Å². The Bertz CT molecular complexity index is 617. The molecule has 1 aromatic rings. The molecule has 1 fully saturated rings. The van der Waals surface area contributed by atoms with Crippen LogP contribution < -0.4 is 5.73 Å². The van der Waals surface area contributed by atoms with Crippen LogP contribution in [0.1, 0.15) is 25.3 Å². The average molecular weight is 295 g/mol. The number of sulfonamides is 1. The Hall–Kier alpha value is -1.40. The van der Waals surface area contributed by atoms with E-state index in [1.165, 1.54) is 4.31 Å². The highest BCUT2D eigenvalue weighted by Crippen LogP contribution is 2.33. The van der Waals surface area contributed by atoms with Crippen molar-refractivity contribution in [1.29, 1.82) is 5.41 Å². The molecule has 0 aliphatic carbocycles. The monoisotopic (exact) mass is 295 g/mol. The van der Waals surface area contributed by atoms with Gasteiger partial charge in [-0.15, -0.1) is 0 Å². The van der Waals surface area contributed by atoms with Crippen molar-refractivity contribution in [1.82, 2.24) is 4.31 Å². The summed E-state index contributed by atoms with van der Waals surface area (Å²) in [5, 5.41) is 7.62. The van der Waals surface area contributed by atoms with Gasteiger partial charge >= 0.3 is 0 Å². The summed E-state index contributed by atoms with van der Waals surface area (Å²) in [6.45, 7) is 4.54. The second-order valence-electron chi connectivity index (χ2n) is 5.64. The molecule has 2 rings (SSSR count). The third-order valence-electron chi connectivity index (χ3n) is 4.19. The maximum Gasteiger partial charge on any atom is 0.243 e. The first kappa shape index (κ1) is 15.0. The summed E-state index contributed by atoms with van der Waals surface area (Å²) in [6.07, 6.45) is 1.18. The van der Waals surface area contributed by atoms with Crippen molar-refractivity contribution in [3.8, 4) is 0 Å². The van der Waals surface area contributed by atoms with Gasteiger partial charge in [-0.2, -0.15) is 4.31 Å². The zero-order chi connectivity index (χ0) is 15.0. The maximum absolute atomic E-state index is 12.6. The number of aryl methyl sites for hydroxylation is 1. The lowest BCUT2D eigenvalue weighted by Crippen LogP contribution is -2.47. The van der Waals surface area contributed by atoms with Gasteiger partial charge in [0, 0.05) is 18.5 Å². The first-order valence-electron chi connectivity index (χ1n) is 6.68. The van der Waals surface area contributed by atoms with Crippen molar-refractivity contribution in [2.75, 3.05) is 13.1 Å². The van der Waals surface area contributed by atoms with Crippen LogP contribution in [0.3, 0.4) is 0 Å². The van der Waals surface area contributed by atoms with E-state index < -0.39 is 10.0 Å². The predicted molar refractivity (Wildman–Crippen MR) is 79.2 cm³/mol. The zero-order valence-corrected chi connectivity index (χ0v) is 12.7. The highest BCUT2D eigenvalue weighted by atomic mass is 32.2. The number of nitrogens with one attached hydrogen (secondary N) is 1. The van der Waals surface area contributed by atoms with Gasteiger partial charge in [0.05, 0.1) is 10.7 Å². The van der Waals surface area contributed by atoms with Crippen molar-refractivity contribution in [2.45, 2.75) is 31.6 Å². The lowest BCUT2D eigenvalue weighted by Gasteiger charge is -2.37. The molecule has 0 aromatic heterocycles. The van der Waals surface area contributed by atoms with Gasteiger partial charge in [0.15, 0.2) is 0 Å². The molecular formula is C14H21N3O2S. The largest absolute Gasteiger partial charge is 0.387 e. The summed E-state index contributed by atoms with van der Waals surface area (Å²) in [5.74, 6) is 0.144. The van der Waals surface area contributed by atoms with Crippen molar-refractivity contribution in [3.05, 3.63) is 29.8 Å². The second kappa shape index (κ2) is 5.18. The van der Waals surface area contributed by atoms with E-state index in [-0.39, 0.29) is 11.3 Å². The van der Waals surface area contributed by atoms with Crippen LogP contribution in [-0.2, 0) is 10.0 Å². The van der Waals surface area contributed by atoms with Crippen LogP contribution in [0.5, 0.6) is 0 Å². The summed E-state index contributed by atoms with van der Waals surface area (Å²) in [4.78, 5) is 0.367. The molecule has 0 unspecified atom stereocenters. The van der Waals surface area contributed by atoms with Crippen molar-refractivity contribution < 1.29 is 8.42 Å². The summed E-state index contributed by atoms with van der Waals surface area (Å²) in [5.41, 5.74) is 5.99. The van der Waals surface area contributed by atoms with Crippen LogP contribution in [0.2, 0.25) is 0 Å². The fraction of sp³-hybridized carbons (Fsp3) is 0.500. The Labute approximate surface area is 120 Å². The summed E-state index contributed by atoms with van der Waals surface area (Å²) in [7, 11) is -3.45. The van der Waals surface area contributed by atoms with Crippen molar-refractivity contribution in [3.63, 3.8) is 0 Å². The minimum Gasteiger partial charge on any atom is -0.387 e. The molecule has 20 heavy (non-hydrogen) atoms. The molecule has 0 radical (unpaired) electrons. The molecule has 1 aromatic carbocycles. The quantitative estimate of drug-likeness (QED) is 0.657. The Morgan fingerprint density at radius 2 is 1.85 bits per heavy atom. The highest BCUT2D eigenvalue weighted by Gasteiger charge is 2.37. The smallest absolute Gasteiger partial charge is 0.243 e. The SMILES string of the molecule is Cc1ccccc1S(=O)(=O)N1CCC(C)(C(=N)N)CC1. The summed E-state index contributed by atoms with van der Waals surface area (Å²) < 4.78 is 26.8. The van der Waals surface area contributed by atoms with E-state index in [0.29, 0.717) is 30.8 Å². The average Bonchev–Trinajstić information content (AvgIpc) is 2.39. The topological polar surface area (TPSA) is 87.2 Å². The predicted octanol–water partition coefficient (Wildman–Crippen LogP) is 1.72. The van der Waals surface area contributed by atoms with E-state index in [9.17, 15) is 8.42 Å². The van der Waals surface area contributed by atoms with Gasteiger partial charge in [0.2, 0.25) is 10.0 Å². The normalized spacial score (nSPS) is 19.7. The fourth-order valence-corrected chi connectivity index (χ4v) is 4.14. The molecule has 5 nitrogen and oxygen atoms in total.